The zero-order valence-corrected chi connectivity index (χ0v) is 13.3. The molecule has 4 heteroatoms. The minimum atomic E-state index is 0.290. The maximum atomic E-state index is 5.60. The first-order chi connectivity index (χ1) is 8.54. The summed E-state index contributed by atoms with van der Waals surface area (Å²) in [6.45, 7) is 6.64. The minimum Gasteiger partial charge on any atom is -0.377 e. The Balaban J connectivity index is 2.70. The number of hydrogen-bond acceptors (Lipinski definition) is 3. The summed E-state index contributed by atoms with van der Waals surface area (Å²) in [5.41, 5.74) is 2.54. The van der Waals surface area contributed by atoms with E-state index >= 15 is 0 Å². The van der Waals surface area contributed by atoms with Crippen LogP contribution in [0.1, 0.15) is 19.4 Å². The summed E-state index contributed by atoms with van der Waals surface area (Å²) in [6, 6.07) is 6.38. The Morgan fingerprint density at radius 3 is 2.72 bits per heavy atom. The Kier molecular flexibility index (Phi) is 6.68. The summed E-state index contributed by atoms with van der Waals surface area (Å²) in [6.07, 6.45) is 0.290. The van der Waals surface area contributed by atoms with E-state index in [0.717, 1.165) is 24.2 Å². The van der Waals surface area contributed by atoms with Crippen molar-refractivity contribution in [3.63, 3.8) is 0 Å². The summed E-state index contributed by atoms with van der Waals surface area (Å²) in [4.78, 5) is 2.24. The second-order valence-corrected chi connectivity index (χ2v) is 5.56. The molecule has 0 spiro atoms. The molecule has 0 radical (unpaired) electrons. The molecule has 0 aliphatic carbocycles. The molecule has 0 atom stereocenters. The van der Waals surface area contributed by atoms with Crippen LogP contribution < -0.4 is 10.2 Å². The number of likely N-dealkylation sites (N-methyl/N-ethyl adjacent to an activating group) is 1. The van der Waals surface area contributed by atoms with Crippen LogP contribution in [0.15, 0.2) is 22.7 Å². The van der Waals surface area contributed by atoms with E-state index in [-0.39, 0.29) is 6.10 Å². The zero-order chi connectivity index (χ0) is 13.5. The second kappa shape index (κ2) is 7.77. The van der Waals surface area contributed by atoms with Crippen molar-refractivity contribution in [3.8, 4) is 0 Å². The van der Waals surface area contributed by atoms with Crippen molar-refractivity contribution in [2.75, 3.05) is 32.1 Å². The topological polar surface area (TPSA) is 24.5 Å². The van der Waals surface area contributed by atoms with E-state index in [4.69, 9.17) is 4.74 Å². The molecule has 102 valence electrons. The monoisotopic (exact) mass is 314 g/mol. The van der Waals surface area contributed by atoms with Crippen molar-refractivity contribution in [1.82, 2.24) is 5.32 Å². The number of benzene rings is 1. The molecule has 0 amide bonds. The van der Waals surface area contributed by atoms with E-state index in [0.29, 0.717) is 0 Å². The van der Waals surface area contributed by atoms with Crippen LogP contribution in [0.5, 0.6) is 0 Å². The third-order valence-corrected chi connectivity index (χ3v) is 3.20. The summed E-state index contributed by atoms with van der Waals surface area (Å²) in [5.74, 6) is 0. The highest BCUT2D eigenvalue weighted by Crippen LogP contribution is 2.24. The highest BCUT2D eigenvalue weighted by Gasteiger charge is 2.08. The highest BCUT2D eigenvalue weighted by atomic mass is 79.9. The number of nitrogens with one attached hydrogen (secondary N) is 1. The van der Waals surface area contributed by atoms with Gasteiger partial charge in [-0.05, 0) is 38.6 Å². The van der Waals surface area contributed by atoms with Gasteiger partial charge in [0.1, 0.15) is 0 Å². The Labute approximate surface area is 119 Å². The van der Waals surface area contributed by atoms with Gasteiger partial charge in [-0.15, -0.1) is 0 Å². The molecule has 0 unspecified atom stereocenters. The lowest BCUT2D eigenvalue weighted by atomic mass is 10.1. The van der Waals surface area contributed by atoms with Gasteiger partial charge in [0.05, 0.1) is 12.7 Å². The zero-order valence-electron chi connectivity index (χ0n) is 11.7. The molecular formula is C14H23BrN2O. The maximum Gasteiger partial charge on any atom is 0.0644 e. The van der Waals surface area contributed by atoms with Gasteiger partial charge in [0.15, 0.2) is 0 Å². The summed E-state index contributed by atoms with van der Waals surface area (Å²) in [5, 5.41) is 3.20. The third-order valence-electron chi connectivity index (χ3n) is 2.70. The third kappa shape index (κ3) is 4.96. The van der Waals surface area contributed by atoms with Crippen LogP contribution >= 0.6 is 15.9 Å². The van der Waals surface area contributed by atoms with Gasteiger partial charge in [0, 0.05) is 30.3 Å². The quantitative estimate of drug-likeness (QED) is 0.837. The molecule has 0 aromatic heterocycles. The molecule has 18 heavy (non-hydrogen) atoms. The number of ether oxygens (including phenoxy) is 1. The fourth-order valence-electron chi connectivity index (χ4n) is 1.78. The van der Waals surface area contributed by atoms with Gasteiger partial charge >= 0.3 is 0 Å². The normalized spacial score (nSPS) is 11.0. The van der Waals surface area contributed by atoms with Gasteiger partial charge in [-0.3, -0.25) is 0 Å². The molecule has 0 saturated heterocycles. The van der Waals surface area contributed by atoms with Gasteiger partial charge in [0.25, 0.3) is 0 Å². The van der Waals surface area contributed by atoms with E-state index < -0.39 is 0 Å². The smallest absolute Gasteiger partial charge is 0.0644 e. The first-order valence-corrected chi connectivity index (χ1v) is 7.09. The van der Waals surface area contributed by atoms with E-state index in [1.54, 1.807) is 0 Å². The Hall–Kier alpha value is -0.580. The molecule has 1 rings (SSSR count). The number of anilines is 1. The molecule has 1 N–H and O–H groups in total. The Morgan fingerprint density at radius 1 is 1.39 bits per heavy atom. The highest BCUT2D eigenvalue weighted by molar-refractivity contribution is 9.10. The second-order valence-electron chi connectivity index (χ2n) is 4.64. The SMILES string of the molecule is CNCc1ccc(Br)cc1N(C)CCOC(C)C. The average molecular weight is 315 g/mol. The summed E-state index contributed by atoms with van der Waals surface area (Å²) in [7, 11) is 4.07. The summed E-state index contributed by atoms with van der Waals surface area (Å²) < 4.78 is 6.70. The minimum absolute atomic E-state index is 0.290. The van der Waals surface area contributed by atoms with Gasteiger partial charge in [0.2, 0.25) is 0 Å². The fraction of sp³-hybridized carbons (Fsp3) is 0.571. The van der Waals surface area contributed by atoms with Crippen molar-refractivity contribution in [3.05, 3.63) is 28.2 Å². The molecule has 0 aliphatic rings. The molecule has 1 aromatic carbocycles. The molecule has 1 aromatic rings. The van der Waals surface area contributed by atoms with Crippen molar-refractivity contribution in [1.29, 1.82) is 0 Å². The number of halogens is 1. The number of nitrogens with zero attached hydrogens (tertiary/aromatic N) is 1. The summed E-state index contributed by atoms with van der Waals surface area (Å²) >= 11 is 3.53. The molecule has 0 fully saturated rings. The first kappa shape index (κ1) is 15.5. The van der Waals surface area contributed by atoms with Crippen LogP contribution in [0.4, 0.5) is 5.69 Å². The van der Waals surface area contributed by atoms with E-state index in [1.165, 1.54) is 11.3 Å². The van der Waals surface area contributed by atoms with Gasteiger partial charge in [-0.2, -0.15) is 0 Å². The molecule has 3 nitrogen and oxygen atoms in total. The van der Waals surface area contributed by atoms with E-state index in [1.807, 2.05) is 7.05 Å². The molecular weight excluding hydrogens is 292 g/mol. The van der Waals surface area contributed by atoms with Gasteiger partial charge < -0.3 is 15.0 Å². The largest absolute Gasteiger partial charge is 0.377 e. The van der Waals surface area contributed by atoms with Crippen LogP contribution in [0.25, 0.3) is 0 Å². The van der Waals surface area contributed by atoms with Gasteiger partial charge in [-0.1, -0.05) is 22.0 Å². The van der Waals surface area contributed by atoms with E-state index in [9.17, 15) is 0 Å². The lowest BCUT2D eigenvalue weighted by molar-refractivity contribution is 0.0846. The van der Waals surface area contributed by atoms with Crippen molar-refractivity contribution >= 4 is 21.6 Å². The van der Waals surface area contributed by atoms with Crippen LogP contribution in [0.3, 0.4) is 0 Å². The standard InChI is InChI=1S/C14H23BrN2O/c1-11(2)18-8-7-17(4)14-9-13(15)6-5-12(14)10-16-3/h5-6,9,11,16H,7-8,10H2,1-4H3. The number of rotatable bonds is 7. The van der Waals surface area contributed by atoms with Gasteiger partial charge in [-0.25, -0.2) is 0 Å². The van der Waals surface area contributed by atoms with Crippen LogP contribution in [0.2, 0.25) is 0 Å². The predicted octanol–water partition coefficient (Wildman–Crippen LogP) is 3.03. The Bertz CT molecular complexity index is 369. The lowest BCUT2D eigenvalue weighted by Gasteiger charge is -2.23. The molecule has 0 aliphatic heterocycles. The molecule has 0 heterocycles. The number of hydrogen-bond donors (Lipinski definition) is 1. The fourth-order valence-corrected chi connectivity index (χ4v) is 2.13. The first-order valence-electron chi connectivity index (χ1n) is 6.30. The molecule has 0 bridgehead atoms. The van der Waals surface area contributed by atoms with Crippen molar-refractivity contribution in [2.45, 2.75) is 26.5 Å². The van der Waals surface area contributed by atoms with Crippen molar-refractivity contribution in [2.24, 2.45) is 0 Å². The van der Waals surface area contributed by atoms with Crippen LogP contribution in [-0.4, -0.2) is 33.4 Å². The lowest BCUT2D eigenvalue weighted by Crippen LogP contribution is -2.25. The Morgan fingerprint density at radius 2 is 2.11 bits per heavy atom. The van der Waals surface area contributed by atoms with E-state index in [2.05, 4.69) is 65.2 Å². The molecule has 0 saturated carbocycles. The van der Waals surface area contributed by atoms with Crippen LogP contribution in [-0.2, 0) is 11.3 Å². The average Bonchev–Trinajstić information content (AvgIpc) is 2.31. The van der Waals surface area contributed by atoms with Crippen LogP contribution in [0, 0.1) is 0 Å². The predicted molar refractivity (Wildman–Crippen MR) is 81.3 cm³/mol. The van der Waals surface area contributed by atoms with Crippen molar-refractivity contribution < 1.29 is 4.74 Å². The maximum absolute atomic E-state index is 5.60.